The Kier molecular flexibility index (Phi) is 5.46. The molecule has 2 N–H and O–H groups in total. The summed E-state index contributed by atoms with van der Waals surface area (Å²) in [6, 6.07) is 6.98. The summed E-state index contributed by atoms with van der Waals surface area (Å²) in [7, 11) is 0. The van der Waals surface area contributed by atoms with E-state index in [1.165, 1.54) is 0 Å². The number of pyridine rings is 1. The van der Waals surface area contributed by atoms with Gasteiger partial charge in [0.1, 0.15) is 0 Å². The largest absolute Gasteiger partial charge is 0.393 e. The maximum atomic E-state index is 13.4. The maximum absolute atomic E-state index is 13.4. The van der Waals surface area contributed by atoms with Crippen LogP contribution in [0, 0.1) is 24.4 Å². The molecule has 0 amide bonds. The topological polar surface area (TPSA) is 63.0 Å². The first-order chi connectivity index (χ1) is 12.9. The lowest BCUT2D eigenvalue weighted by molar-refractivity contribution is 0.169. The fourth-order valence-corrected chi connectivity index (χ4v) is 2.67. The van der Waals surface area contributed by atoms with Crippen LogP contribution in [-0.2, 0) is 6.42 Å². The molecule has 5 nitrogen and oxygen atoms in total. The van der Waals surface area contributed by atoms with Gasteiger partial charge in [0, 0.05) is 47.9 Å². The molecule has 8 heteroatoms. The van der Waals surface area contributed by atoms with Crippen LogP contribution in [0.4, 0.5) is 24.7 Å². The van der Waals surface area contributed by atoms with Gasteiger partial charge in [-0.3, -0.25) is 4.98 Å². The average molecular weight is 376 g/mol. The van der Waals surface area contributed by atoms with E-state index >= 15 is 0 Å². The van der Waals surface area contributed by atoms with Gasteiger partial charge in [-0.1, -0.05) is 6.92 Å². The van der Waals surface area contributed by atoms with Gasteiger partial charge in [0.15, 0.2) is 23.3 Å². The highest BCUT2D eigenvalue weighted by Crippen LogP contribution is 2.24. The Labute approximate surface area is 154 Å². The van der Waals surface area contributed by atoms with Crippen molar-refractivity contribution in [1.82, 2.24) is 14.8 Å². The Morgan fingerprint density at radius 1 is 1.15 bits per heavy atom. The van der Waals surface area contributed by atoms with Crippen LogP contribution in [0.1, 0.15) is 24.7 Å². The summed E-state index contributed by atoms with van der Waals surface area (Å²) >= 11 is 0. The normalized spacial score (nSPS) is 12.2. The molecule has 3 aromatic rings. The van der Waals surface area contributed by atoms with Crippen molar-refractivity contribution in [2.75, 3.05) is 5.32 Å². The molecule has 0 spiro atoms. The zero-order valence-corrected chi connectivity index (χ0v) is 14.9. The molecular weight excluding hydrogens is 357 g/mol. The molecule has 0 aliphatic carbocycles. The zero-order valence-electron chi connectivity index (χ0n) is 14.9. The van der Waals surface area contributed by atoms with Crippen molar-refractivity contribution in [3.05, 3.63) is 65.4 Å². The van der Waals surface area contributed by atoms with Gasteiger partial charge in [-0.2, -0.15) is 0 Å². The maximum Gasteiger partial charge on any atom is 0.194 e. The van der Waals surface area contributed by atoms with E-state index in [-0.39, 0.29) is 5.69 Å². The SMILES string of the molecule is CCC(O)Cc1cc(Nc2cc(F)c(F)c(F)c2)nn1-c1ccnc(C)c1. The first-order valence-corrected chi connectivity index (χ1v) is 8.49. The summed E-state index contributed by atoms with van der Waals surface area (Å²) in [5.74, 6) is -3.79. The number of nitrogens with one attached hydrogen (secondary N) is 1. The third-order valence-corrected chi connectivity index (χ3v) is 4.08. The minimum atomic E-state index is -1.52. The van der Waals surface area contributed by atoms with E-state index in [1.54, 1.807) is 23.0 Å². The van der Waals surface area contributed by atoms with E-state index in [2.05, 4.69) is 15.4 Å². The van der Waals surface area contributed by atoms with Crippen molar-refractivity contribution in [3.63, 3.8) is 0 Å². The lowest BCUT2D eigenvalue weighted by Gasteiger charge is -2.10. The van der Waals surface area contributed by atoms with Gasteiger partial charge in [-0.25, -0.2) is 17.9 Å². The number of halogens is 3. The Balaban J connectivity index is 1.98. The molecule has 1 atom stereocenters. The number of benzene rings is 1. The van der Waals surface area contributed by atoms with Gasteiger partial charge in [0.25, 0.3) is 0 Å². The van der Waals surface area contributed by atoms with Crippen LogP contribution in [0.5, 0.6) is 0 Å². The second kappa shape index (κ2) is 7.79. The molecular formula is C19H19F3N4O. The fourth-order valence-electron chi connectivity index (χ4n) is 2.67. The predicted molar refractivity (Wildman–Crippen MR) is 95.7 cm³/mol. The highest BCUT2D eigenvalue weighted by atomic mass is 19.2. The molecule has 0 bridgehead atoms. The molecule has 1 aromatic carbocycles. The van der Waals surface area contributed by atoms with Crippen LogP contribution in [0.2, 0.25) is 0 Å². The van der Waals surface area contributed by atoms with E-state index < -0.39 is 23.6 Å². The average Bonchev–Trinajstić information content (AvgIpc) is 3.01. The predicted octanol–water partition coefficient (Wildman–Crippen LogP) is 4.05. The Morgan fingerprint density at radius 2 is 1.85 bits per heavy atom. The lowest BCUT2D eigenvalue weighted by Crippen LogP contribution is -2.12. The number of anilines is 2. The van der Waals surface area contributed by atoms with Crippen molar-refractivity contribution >= 4 is 11.5 Å². The van der Waals surface area contributed by atoms with E-state index in [1.807, 2.05) is 19.9 Å². The highest BCUT2D eigenvalue weighted by molar-refractivity contribution is 5.57. The van der Waals surface area contributed by atoms with Crippen LogP contribution in [-0.4, -0.2) is 26.0 Å². The first kappa shape index (κ1) is 18.9. The Hall–Kier alpha value is -2.87. The molecule has 1 unspecified atom stereocenters. The van der Waals surface area contributed by atoms with E-state index in [0.717, 1.165) is 23.5 Å². The number of nitrogens with zero attached hydrogens (tertiary/aromatic N) is 3. The molecule has 0 aliphatic rings. The summed E-state index contributed by atoms with van der Waals surface area (Å²) in [5.41, 5.74) is 2.28. The van der Waals surface area contributed by atoms with Gasteiger partial charge < -0.3 is 10.4 Å². The number of aromatic nitrogens is 3. The van der Waals surface area contributed by atoms with Crippen molar-refractivity contribution in [1.29, 1.82) is 0 Å². The van der Waals surface area contributed by atoms with Crippen molar-refractivity contribution in [3.8, 4) is 5.69 Å². The highest BCUT2D eigenvalue weighted by Gasteiger charge is 2.15. The summed E-state index contributed by atoms with van der Waals surface area (Å²) in [4.78, 5) is 4.15. The summed E-state index contributed by atoms with van der Waals surface area (Å²) in [6.45, 7) is 3.71. The molecule has 0 fully saturated rings. The van der Waals surface area contributed by atoms with Gasteiger partial charge >= 0.3 is 0 Å². The molecule has 2 heterocycles. The van der Waals surface area contributed by atoms with Crippen LogP contribution < -0.4 is 5.32 Å². The van der Waals surface area contributed by atoms with E-state index in [0.29, 0.717) is 24.4 Å². The lowest BCUT2D eigenvalue weighted by atomic mass is 10.1. The summed E-state index contributed by atoms with van der Waals surface area (Å²) in [5, 5.41) is 17.2. The fraction of sp³-hybridized carbons (Fsp3) is 0.263. The number of aryl methyl sites for hydroxylation is 1. The number of hydrogen-bond acceptors (Lipinski definition) is 4. The van der Waals surface area contributed by atoms with Crippen LogP contribution in [0.25, 0.3) is 5.69 Å². The molecule has 0 radical (unpaired) electrons. The van der Waals surface area contributed by atoms with Crippen LogP contribution in [0.15, 0.2) is 36.5 Å². The molecule has 142 valence electrons. The summed E-state index contributed by atoms with van der Waals surface area (Å²) < 4.78 is 41.6. The second-order valence-electron chi connectivity index (χ2n) is 6.23. The van der Waals surface area contributed by atoms with Crippen LogP contribution in [0.3, 0.4) is 0 Å². The molecule has 3 rings (SSSR count). The third kappa shape index (κ3) is 4.28. The van der Waals surface area contributed by atoms with Crippen LogP contribution >= 0.6 is 0 Å². The second-order valence-corrected chi connectivity index (χ2v) is 6.23. The Morgan fingerprint density at radius 3 is 2.48 bits per heavy atom. The third-order valence-electron chi connectivity index (χ3n) is 4.08. The van der Waals surface area contributed by atoms with Gasteiger partial charge in [-0.05, 0) is 25.5 Å². The standard InChI is InChI=1S/C19H19F3N4O/c1-3-15(27)9-14-10-18(24-12-7-16(20)19(22)17(21)8-12)25-26(14)13-4-5-23-11(2)6-13/h4-8,10,15,27H,3,9H2,1-2H3,(H,24,25). The smallest absolute Gasteiger partial charge is 0.194 e. The number of hydrogen-bond donors (Lipinski definition) is 2. The molecule has 0 aliphatic heterocycles. The minimum absolute atomic E-state index is 0.0320. The number of rotatable bonds is 6. The van der Waals surface area contributed by atoms with E-state index in [4.69, 9.17) is 0 Å². The van der Waals surface area contributed by atoms with Crippen molar-refractivity contribution in [2.24, 2.45) is 0 Å². The van der Waals surface area contributed by atoms with Crippen molar-refractivity contribution in [2.45, 2.75) is 32.8 Å². The molecule has 27 heavy (non-hydrogen) atoms. The number of aliphatic hydroxyl groups is 1. The quantitative estimate of drug-likeness (QED) is 0.637. The molecule has 0 saturated carbocycles. The van der Waals surface area contributed by atoms with Gasteiger partial charge in [0.2, 0.25) is 0 Å². The van der Waals surface area contributed by atoms with Gasteiger partial charge in [-0.15, -0.1) is 5.10 Å². The Bertz CT molecular complexity index is 935. The summed E-state index contributed by atoms with van der Waals surface area (Å²) in [6.07, 6.45) is 2.00. The first-order valence-electron chi connectivity index (χ1n) is 8.49. The monoisotopic (exact) mass is 376 g/mol. The van der Waals surface area contributed by atoms with Crippen molar-refractivity contribution < 1.29 is 18.3 Å². The molecule has 0 saturated heterocycles. The number of aliphatic hydroxyl groups excluding tert-OH is 1. The zero-order chi connectivity index (χ0) is 19.6. The molecule has 2 aromatic heterocycles. The minimum Gasteiger partial charge on any atom is -0.393 e. The van der Waals surface area contributed by atoms with Gasteiger partial charge in [0.05, 0.1) is 11.8 Å². The van der Waals surface area contributed by atoms with E-state index in [9.17, 15) is 18.3 Å².